The highest BCUT2D eigenvalue weighted by Crippen LogP contribution is 2.25. The average molecular weight is 315 g/mol. The molecule has 0 radical (unpaired) electrons. The molecule has 3 nitrogen and oxygen atoms in total. The second-order valence-corrected chi connectivity index (χ2v) is 6.28. The van der Waals surface area contributed by atoms with Crippen molar-refractivity contribution in [1.82, 2.24) is 14.9 Å². The van der Waals surface area contributed by atoms with Crippen LogP contribution in [-0.4, -0.2) is 28.0 Å². The average Bonchev–Trinajstić information content (AvgIpc) is 2.86. The van der Waals surface area contributed by atoms with Crippen LogP contribution in [0.2, 0.25) is 0 Å². The maximum Gasteiger partial charge on any atom is 0.116 e. The van der Waals surface area contributed by atoms with Gasteiger partial charge >= 0.3 is 0 Å². The standard InChI is InChI=1S/C21H21N3/c1-3-7-17(8-4-1)15-24-13-11-19-20(12-14-24)22-16-23-21(19)18-9-5-2-6-10-18/h1-10,16H,11-15H2. The third-order valence-corrected chi connectivity index (χ3v) is 4.67. The Kier molecular flexibility index (Phi) is 4.34. The van der Waals surface area contributed by atoms with E-state index in [1.54, 1.807) is 6.33 Å². The van der Waals surface area contributed by atoms with E-state index in [1.165, 1.54) is 22.4 Å². The molecule has 0 saturated heterocycles. The summed E-state index contributed by atoms with van der Waals surface area (Å²) in [6.07, 6.45) is 3.71. The van der Waals surface area contributed by atoms with E-state index in [9.17, 15) is 0 Å². The highest BCUT2D eigenvalue weighted by atomic mass is 15.1. The van der Waals surface area contributed by atoms with E-state index in [4.69, 9.17) is 0 Å². The van der Waals surface area contributed by atoms with E-state index in [0.717, 1.165) is 38.2 Å². The molecule has 0 fully saturated rings. The number of benzene rings is 2. The number of fused-ring (bicyclic) bond motifs is 1. The van der Waals surface area contributed by atoms with E-state index in [-0.39, 0.29) is 0 Å². The second-order valence-electron chi connectivity index (χ2n) is 6.28. The Balaban J connectivity index is 1.57. The number of hydrogen-bond acceptors (Lipinski definition) is 3. The van der Waals surface area contributed by atoms with Gasteiger partial charge in [0.05, 0.1) is 5.69 Å². The number of nitrogens with zero attached hydrogens (tertiary/aromatic N) is 3. The predicted octanol–water partition coefficient (Wildman–Crippen LogP) is 3.74. The third kappa shape index (κ3) is 3.22. The molecule has 0 aliphatic carbocycles. The molecule has 0 atom stereocenters. The Morgan fingerprint density at radius 2 is 1.50 bits per heavy atom. The van der Waals surface area contributed by atoms with Crippen LogP contribution in [0.4, 0.5) is 0 Å². The van der Waals surface area contributed by atoms with Crippen LogP contribution in [0.15, 0.2) is 67.0 Å². The molecule has 0 N–H and O–H groups in total. The predicted molar refractivity (Wildman–Crippen MR) is 96.6 cm³/mol. The van der Waals surface area contributed by atoms with Crippen molar-refractivity contribution in [3.8, 4) is 11.3 Å². The molecule has 120 valence electrons. The lowest BCUT2D eigenvalue weighted by atomic mass is 10.0. The topological polar surface area (TPSA) is 29.0 Å². The summed E-state index contributed by atoms with van der Waals surface area (Å²) in [4.78, 5) is 11.7. The SMILES string of the molecule is c1ccc(CN2CCc3ncnc(-c4ccccc4)c3CC2)cc1. The Hall–Kier alpha value is -2.52. The van der Waals surface area contributed by atoms with Gasteiger partial charge in [-0.05, 0) is 12.0 Å². The van der Waals surface area contributed by atoms with Gasteiger partial charge in [0.15, 0.2) is 0 Å². The summed E-state index contributed by atoms with van der Waals surface area (Å²) in [6.45, 7) is 3.10. The van der Waals surface area contributed by atoms with Gasteiger partial charge in [-0.2, -0.15) is 0 Å². The summed E-state index contributed by atoms with van der Waals surface area (Å²) < 4.78 is 0. The van der Waals surface area contributed by atoms with Crippen LogP contribution < -0.4 is 0 Å². The van der Waals surface area contributed by atoms with Crippen molar-refractivity contribution in [2.24, 2.45) is 0 Å². The van der Waals surface area contributed by atoms with Crippen LogP contribution in [0.1, 0.15) is 16.8 Å². The van der Waals surface area contributed by atoms with Crippen molar-refractivity contribution < 1.29 is 0 Å². The Morgan fingerprint density at radius 1 is 0.792 bits per heavy atom. The molecule has 24 heavy (non-hydrogen) atoms. The van der Waals surface area contributed by atoms with Gasteiger partial charge in [-0.3, -0.25) is 4.90 Å². The molecule has 4 rings (SSSR count). The lowest BCUT2D eigenvalue weighted by Crippen LogP contribution is -2.25. The molecule has 0 amide bonds. The van der Waals surface area contributed by atoms with Gasteiger partial charge in [-0.25, -0.2) is 9.97 Å². The van der Waals surface area contributed by atoms with E-state index < -0.39 is 0 Å². The molecule has 0 bridgehead atoms. The van der Waals surface area contributed by atoms with E-state index in [1.807, 2.05) is 6.07 Å². The Morgan fingerprint density at radius 3 is 2.29 bits per heavy atom. The maximum absolute atomic E-state index is 4.58. The first-order valence-corrected chi connectivity index (χ1v) is 8.54. The van der Waals surface area contributed by atoms with Crippen molar-refractivity contribution >= 4 is 0 Å². The monoisotopic (exact) mass is 315 g/mol. The van der Waals surface area contributed by atoms with Gasteiger partial charge in [-0.15, -0.1) is 0 Å². The summed E-state index contributed by atoms with van der Waals surface area (Å²) >= 11 is 0. The zero-order valence-electron chi connectivity index (χ0n) is 13.7. The smallest absolute Gasteiger partial charge is 0.116 e. The molecule has 1 aliphatic rings. The largest absolute Gasteiger partial charge is 0.298 e. The fourth-order valence-corrected chi connectivity index (χ4v) is 3.42. The molecule has 2 aromatic carbocycles. The number of hydrogen-bond donors (Lipinski definition) is 0. The molecular formula is C21H21N3. The molecule has 3 aromatic rings. The third-order valence-electron chi connectivity index (χ3n) is 4.67. The zero-order valence-corrected chi connectivity index (χ0v) is 13.7. The van der Waals surface area contributed by atoms with Gasteiger partial charge in [-0.1, -0.05) is 60.7 Å². The number of rotatable bonds is 3. The van der Waals surface area contributed by atoms with Crippen molar-refractivity contribution in [1.29, 1.82) is 0 Å². The van der Waals surface area contributed by atoms with Gasteiger partial charge in [0.25, 0.3) is 0 Å². The molecule has 2 heterocycles. The molecule has 1 aromatic heterocycles. The summed E-state index contributed by atoms with van der Waals surface area (Å²) in [5.74, 6) is 0. The van der Waals surface area contributed by atoms with Gasteiger partial charge in [0.2, 0.25) is 0 Å². The van der Waals surface area contributed by atoms with Crippen LogP contribution in [0.25, 0.3) is 11.3 Å². The quantitative estimate of drug-likeness (QED) is 0.737. The van der Waals surface area contributed by atoms with Gasteiger partial charge in [0.1, 0.15) is 6.33 Å². The summed E-state index contributed by atoms with van der Waals surface area (Å²) in [5.41, 5.74) is 6.19. The van der Waals surface area contributed by atoms with Crippen LogP contribution >= 0.6 is 0 Å². The van der Waals surface area contributed by atoms with Crippen LogP contribution in [0, 0.1) is 0 Å². The highest BCUT2D eigenvalue weighted by Gasteiger charge is 2.19. The number of aromatic nitrogens is 2. The fourth-order valence-electron chi connectivity index (χ4n) is 3.42. The van der Waals surface area contributed by atoms with Gasteiger partial charge in [0, 0.05) is 42.9 Å². The minimum atomic E-state index is 0.991. The maximum atomic E-state index is 4.58. The zero-order chi connectivity index (χ0) is 16.2. The van der Waals surface area contributed by atoms with E-state index in [0.29, 0.717) is 0 Å². The van der Waals surface area contributed by atoms with Crippen LogP contribution in [-0.2, 0) is 19.4 Å². The second kappa shape index (κ2) is 6.93. The molecule has 0 unspecified atom stereocenters. The lowest BCUT2D eigenvalue weighted by molar-refractivity contribution is 0.279. The van der Waals surface area contributed by atoms with Crippen LogP contribution in [0.3, 0.4) is 0 Å². The van der Waals surface area contributed by atoms with Crippen molar-refractivity contribution in [3.63, 3.8) is 0 Å². The minimum absolute atomic E-state index is 0.991. The fraction of sp³-hybridized carbons (Fsp3) is 0.238. The first kappa shape index (κ1) is 15.0. The van der Waals surface area contributed by atoms with E-state index in [2.05, 4.69) is 69.5 Å². The van der Waals surface area contributed by atoms with Gasteiger partial charge < -0.3 is 0 Å². The Labute approximate surface area is 143 Å². The molecule has 1 aliphatic heterocycles. The molecule has 3 heteroatoms. The molecule has 0 spiro atoms. The highest BCUT2D eigenvalue weighted by molar-refractivity contribution is 5.63. The lowest BCUT2D eigenvalue weighted by Gasteiger charge is -2.19. The van der Waals surface area contributed by atoms with E-state index >= 15 is 0 Å². The van der Waals surface area contributed by atoms with Crippen molar-refractivity contribution in [3.05, 3.63) is 83.8 Å². The first-order chi connectivity index (χ1) is 11.9. The summed E-state index contributed by atoms with van der Waals surface area (Å²) in [6, 6.07) is 21.2. The van der Waals surface area contributed by atoms with Crippen LogP contribution in [0.5, 0.6) is 0 Å². The summed E-state index contributed by atoms with van der Waals surface area (Å²) in [7, 11) is 0. The van der Waals surface area contributed by atoms with Crippen molar-refractivity contribution in [2.75, 3.05) is 13.1 Å². The molecule has 0 saturated carbocycles. The molecular weight excluding hydrogens is 294 g/mol. The van der Waals surface area contributed by atoms with Crippen molar-refractivity contribution in [2.45, 2.75) is 19.4 Å². The first-order valence-electron chi connectivity index (χ1n) is 8.54. The summed E-state index contributed by atoms with van der Waals surface area (Å²) in [5, 5.41) is 0. The minimum Gasteiger partial charge on any atom is -0.298 e. The normalized spacial score (nSPS) is 14.8. The Bertz CT molecular complexity index is 800.